The molecule has 0 aliphatic carbocycles. The Hall–Kier alpha value is -5.81. The van der Waals surface area contributed by atoms with Crippen molar-refractivity contribution in [3.05, 3.63) is 72.3 Å². The minimum Gasteiger partial charge on any atom is -0.453 e. The normalized spacial score (nSPS) is 23.0. The van der Waals surface area contributed by atoms with E-state index in [0.717, 1.165) is 35.2 Å². The number of benzene rings is 2. The molecule has 0 spiro atoms. The minimum absolute atomic E-state index is 0.0363. The summed E-state index contributed by atoms with van der Waals surface area (Å²) in [5.41, 5.74) is 4.38. The third-order valence-corrected chi connectivity index (χ3v) is 13.4. The monoisotopic (exact) mass is 868 g/mol. The third-order valence-electron chi connectivity index (χ3n) is 13.4. The Bertz CT molecular complexity index is 2240. The summed E-state index contributed by atoms with van der Waals surface area (Å²) in [5, 5.41) is 5.59. The molecule has 8 rings (SSSR count). The summed E-state index contributed by atoms with van der Waals surface area (Å²) in [6, 6.07) is 13.1. The van der Waals surface area contributed by atoms with E-state index in [1.165, 1.54) is 14.2 Å². The molecule has 4 aliphatic heterocycles. The molecule has 336 valence electrons. The molecule has 0 saturated carbocycles. The zero-order chi connectivity index (χ0) is 44.2. The van der Waals surface area contributed by atoms with Gasteiger partial charge in [-0.3, -0.25) is 9.59 Å². The molecule has 0 bridgehead atoms. The van der Waals surface area contributed by atoms with Crippen molar-refractivity contribution in [3.63, 3.8) is 0 Å². The van der Waals surface area contributed by atoms with Crippen molar-refractivity contribution < 1.29 is 42.5 Å². The van der Waals surface area contributed by atoms with Gasteiger partial charge in [0.15, 0.2) is 0 Å². The number of carbonyl (C=O) groups excluding carboxylic acids is 4. The third kappa shape index (κ3) is 9.30. The highest BCUT2D eigenvalue weighted by molar-refractivity contribution is 5.87. The van der Waals surface area contributed by atoms with Crippen LogP contribution >= 0.6 is 0 Å². The van der Waals surface area contributed by atoms with Crippen LogP contribution in [0.3, 0.4) is 0 Å². The number of imidazole rings is 2. The summed E-state index contributed by atoms with van der Waals surface area (Å²) in [6.45, 7) is 6.07. The molecule has 63 heavy (non-hydrogen) atoms. The number of hydrogen-bond acceptors (Lipinski definition) is 10. The summed E-state index contributed by atoms with van der Waals surface area (Å²) < 4.78 is 36.5. The molecule has 4 saturated heterocycles. The molecule has 6 heterocycles. The molecule has 16 nitrogen and oxygen atoms in total. The first-order chi connectivity index (χ1) is 30.5. The Morgan fingerprint density at radius 2 is 1.10 bits per heavy atom. The average Bonchev–Trinajstić information content (AvgIpc) is 4.13. The second-order valence-corrected chi connectivity index (χ2v) is 17.1. The van der Waals surface area contributed by atoms with Crippen LogP contribution in [-0.4, -0.2) is 119 Å². The first-order valence-electron chi connectivity index (χ1n) is 22.0. The van der Waals surface area contributed by atoms with Gasteiger partial charge in [-0.05, 0) is 93.7 Å². The average molecular weight is 869 g/mol. The van der Waals surface area contributed by atoms with E-state index in [2.05, 4.69) is 20.6 Å². The quantitative estimate of drug-likeness (QED) is 0.126. The molecule has 2 aromatic heterocycles. The van der Waals surface area contributed by atoms with Crippen LogP contribution < -0.4 is 10.6 Å². The Balaban J connectivity index is 0.946. The van der Waals surface area contributed by atoms with Crippen molar-refractivity contribution in [1.82, 2.24) is 40.4 Å². The van der Waals surface area contributed by atoms with Crippen LogP contribution in [0.4, 0.5) is 14.0 Å². The number of nitrogens with one attached hydrogen (secondary N) is 4. The zero-order valence-electron chi connectivity index (χ0n) is 36.2. The van der Waals surface area contributed by atoms with Crippen LogP contribution in [-0.2, 0) is 28.5 Å². The fraction of sp³-hybridized carbons (Fsp3) is 0.522. The Kier molecular flexibility index (Phi) is 13.4. The number of likely N-dealkylation sites (tertiary alicyclic amines) is 2. The van der Waals surface area contributed by atoms with Gasteiger partial charge < -0.3 is 49.3 Å². The van der Waals surface area contributed by atoms with Crippen LogP contribution in [0.2, 0.25) is 0 Å². The molecule has 4 aromatic rings. The number of aromatic amines is 2. The van der Waals surface area contributed by atoms with Gasteiger partial charge in [0.2, 0.25) is 17.8 Å². The molecule has 17 heteroatoms. The van der Waals surface area contributed by atoms with Crippen LogP contribution in [0.15, 0.2) is 54.7 Å². The lowest BCUT2D eigenvalue weighted by Crippen LogP contribution is -2.54. The first kappa shape index (κ1) is 43.8. The van der Waals surface area contributed by atoms with E-state index in [9.17, 15) is 19.2 Å². The van der Waals surface area contributed by atoms with Crippen LogP contribution in [0.25, 0.3) is 33.6 Å². The Morgan fingerprint density at radius 3 is 1.57 bits per heavy atom. The number of alkyl carbamates (subject to hydrolysis) is 2. The number of ether oxygens (including phenoxy) is 4. The highest BCUT2D eigenvalue weighted by atomic mass is 19.1. The lowest BCUT2D eigenvalue weighted by Gasteiger charge is -2.36. The summed E-state index contributed by atoms with van der Waals surface area (Å²) >= 11 is 0. The van der Waals surface area contributed by atoms with Crippen molar-refractivity contribution >= 4 is 24.0 Å². The van der Waals surface area contributed by atoms with E-state index >= 15 is 4.39 Å². The van der Waals surface area contributed by atoms with E-state index in [-0.39, 0.29) is 47.5 Å². The highest BCUT2D eigenvalue weighted by Crippen LogP contribution is 2.40. The molecular weight excluding hydrogens is 812 g/mol. The number of hydrogen-bond donors (Lipinski definition) is 4. The maximum absolute atomic E-state index is 15.7. The molecule has 4 amide bonds. The maximum Gasteiger partial charge on any atom is 0.407 e. The molecule has 4 aliphatic rings. The van der Waals surface area contributed by atoms with Crippen LogP contribution in [0, 0.1) is 17.8 Å². The SMILES string of the molecule is COC(=O)NC(C(=O)N1C(C)CCC1c1ncc(-c2ccc(-c3ccc(-c4nc(C5CCC(C)N5C(=O)C(NC(=O)OC)C5CCOCC5)[nH]c4F)cc3)cc2)[nH]1)C1CCOCC1. The number of carbonyl (C=O) groups is 4. The fourth-order valence-corrected chi connectivity index (χ4v) is 9.83. The Morgan fingerprint density at radius 1 is 0.651 bits per heavy atom. The van der Waals surface area contributed by atoms with Crippen molar-refractivity contribution in [2.24, 2.45) is 11.8 Å². The summed E-state index contributed by atoms with van der Waals surface area (Å²) in [5.74, 6) is -0.0871. The second kappa shape index (κ2) is 19.3. The predicted molar refractivity (Wildman–Crippen MR) is 229 cm³/mol. The van der Waals surface area contributed by atoms with Gasteiger partial charge in [-0.15, -0.1) is 0 Å². The molecule has 0 radical (unpaired) electrons. The maximum atomic E-state index is 15.7. The molecule has 4 fully saturated rings. The van der Waals surface area contributed by atoms with Gasteiger partial charge in [-0.25, -0.2) is 19.6 Å². The summed E-state index contributed by atoms with van der Waals surface area (Å²) in [6.07, 6.45) is 5.91. The minimum atomic E-state index is -0.800. The fourth-order valence-electron chi connectivity index (χ4n) is 9.83. The van der Waals surface area contributed by atoms with Crippen molar-refractivity contribution in [2.45, 2.75) is 101 Å². The number of halogens is 1. The molecule has 6 unspecified atom stereocenters. The summed E-state index contributed by atoms with van der Waals surface area (Å²) in [4.78, 5) is 72.4. The molecular formula is C46H57FN8O8. The van der Waals surface area contributed by atoms with E-state index in [1.54, 1.807) is 11.1 Å². The highest BCUT2D eigenvalue weighted by Gasteiger charge is 2.45. The topological polar surface area (TPSA) is 193 Å². The lowest BCUT2D eigenvalue weighted by molar-refractivity contribution is -0.139. The van der Waals surface area contributed by atoms with Gasteiger partial charge in [0.05, 0.1) is 38.2 Å². The number of amides is 4. The van der Waals surface area contributed by atoms with Crippen molar-refractivity contribution in [1.29, 1.82) is 0 Å². The molecule has 6 atom stereocenters. The largest absolute Gasteiger partial charge is 0.453 e. The number of nitrogens with zero attached hydrogens (tertiary/aromatic N) is 4. The first-order valence-corrected chi connectivity index (χ1v) is 22.0. The van der Waals surface area contributed by atoms with Crippen LogP contribution in [0.5, 0.6) is 0 Å². The number of aromatic nitrogens is 4. The second-order valence-electron chi connectivity index (χ2n) is 17.1. The summed E-state index contributed by atoms with van der Waals surface area (Å²) in [7, 11) is 2.57. The standard InChI is InChI=1S/C46H57FN8O8/c1-26-5-15-35(54(26)43(56)38(51-45(58)60-3)32-17-21-62-22-18-32)41-48-25-34(49-41)30-11-7-28(8-12-30)29-9-13-31(14-10-29)37-40(47)53-42(50-37)36-16-6-27(2)55(36)44(57)39(52-46(59)61-4)33-19-23-63-24-20-33/h7-14,25-27,32-33,35-36,38-39H,5-6,15-24H2,1-4H3,(H,48,49)(H,50,53)(H,51,58)(H,52,59). The molecule has 4 N–H and O–H groups in total. The van der Waals surface area contributed by atoms with E-state index in [1.807, 2.05) is 67.3 Å². The van der Waals surface area contributed by atoms with Gasteiger partial charge in [0, 0.05) is 44.1 Å². The smallest absolute Gasteiger partial charge is 0.407 e. The predicted octanol–water partition coefficient (Wildman–Crippen LogP) is 6.68. The Labute approximate surface area is 366 Å². The van der Waals surface area contributed by atoms with Gasteiger partial charge in [-0.2, -0.15) is 4.39 Å². The number of methoxy groups -OCH3 is 2. The van der Waals surface area contributed by atoms with E-state index < -0.39 is 36.3 Å². The van der Waals surface area contributed by atoms with E-state index in [4.69, 9.17) is 28.9 Å². The van der Waals surface area contributed by atoms with Gasteiger partial charge >= 0.3 is 12.2 Å². The van der Waals surface area contributed by atoms with Gasteiger partial charge in [0.25, 0.3) is 0 Å². The number of rotatable bonds is 11. The van der Waals surface area contributed by atoms with Crippen LogP contribution in [0.1, 0.15) is 88.9 Å². The van der Waals surface area contributed by atoms with Gasteiger partial charge in [0.1, 0.15) is 29.4 Å². The van der Waals surface area contributed by atoms with Crippen molar-refractivity contribution in [2.75, 3.05) is 40.6 Å². The van der Waals surface area contributed by atoms with Gasteiger partial charge in [-0.1, -0.05) is 48.5 Å². The molecule has 2 aromatic carbocycles. The van der Waals surface area contributed by atoms with Crippen molar-refractivity contribution in [3.8, 4) is 33.6 Å². The van der Waals surface area contributed by atoms with E-state index in [0.29, 0.717) is 82.2 Å². The number of H-pyrrole nitrogens is 2. The zero-order valence-corrected chi connectivity index (χ0v) is 36.2. The lowest BCUT2D eigenvalue weighted by atomic mass is 9.90.